The van der Waals surface area contributed by atoms with Crippen molar-refractivity contribution in [1.29, 1.82) is 0 Å². The third-order valence-electron chi connectivity index (χ3n) is 2.72. The van der Waals surface area contributed by atoms with Crippen molar-refractivity contribution >= 4 is 11.9 Å². The Morgan fingerprint density at radius 3 is 2.86 bits per heavy atom. The van der Waals surface area contributed by atoms with Gasteiger partial charge in [0.1, 0.15) is 18.6 Å². The van der Waals surface area contributed by atoms with Gasteiger partial charge in [-0.15, -0.1) is 5.10 Å². The summed E-state index contributed by atoms with van der Waals surface area (Å²) < 4.78 is 11.2. The molecule has 0 fully saturated rings. The van der Waals surface area contributed by atoms with E-state index in [1.807, 2.05) is 18.2 Å². The van der Waals surface area contributed by atoms with E-state index >= 15 is 0 Å². The maximum Gasteiger partial charge on any atom is 0.328 e. The normalized spacial score (nSPS) is 10.0. The van der Waals surface area contributed by atoms with Crippen LogP contribution in [0.25, 0.3) is 0 Å². The number of esters is 1. The van der Waals surface area contributed by atoms with Crippen LogP contribution in [0.1, 0.15) is 5.56 Å². The first-order valence-corrected chi connectivity index (χ1v) is 6.44. The Bertz CT molecular complexity index is 629. The second kappa shape index (κ2) is 7.72. The maximum atomic E-state index is 11.6. The van der Waals surface area contributed by atoms with Crippen molar-refractivity contribution in [2.45, 2.75) is 13.1 Å². The van der Waals surface area contributed by atoms with Gasteiger partial charge in [-0.25, -0.2) is 4.68 Å². The minimum Gasteiger partial charge on any atom is -0.496 e. The van der Waals surface area contributed by atoms with Crippen LogP contribution in [0.2, 0.25) is 0 Å². The first-order valence-electron chi connectivity index (χ1n) is 6.44. The quantitative estimate of drug-likeness (QED) is 0.689. The molecule has 0 aliphatic rings. The SMILES string of the molecule is COc1ccccc1CNC(=O)COC(=O)Cn1cnnn1. The van der Waals surface area contributed by atoms with Gasteiger partial charge in [0.15, 0.2) is 6.61 Å². The third kappa shape index (κ3) is 4.54. The van der Waals surface area contributed by atoms with Crippen LogP contribution in [0, 0.1) is 0 Å². The van der Waals surface area contributed by atoms with Gasteiger partial charge in [-0.3, -0.25) is 9.59 Å². The molecule has 0 radical (unpaired) electrons. The molecular formula is C13H15N5O4. The van der Waals surface area contributed by atoms with Crippen LogP contribution in [-0.2, 0) is 27.4 Å². The summed E-state index contributed by atoms with van der Waals surface area (Å²) in [4.78, 5) is 23.1. The number of nitrogens with zero attached hydrogens (tertiary/aromatic N) is 4. The predicted octanol–water partition coefficient (Wildman–Crippen LogP) is -0.459. The highest BCUT2D eigenvalue weighted by molar-refractivity contribution is 5.80. The molecule has 9 heteroatoms. The molecule has 0 aliphatic carbocycles. The Kier molecular flexibility index (Phi) is 5.41. The van der Waals surface area contributed by atoms with Gasteiger partial charge in [0.05, 0.1) is 7.11 Å². The lowest BCUT2D eigenvalue weighted by Crippen LogP contribution is -2.29. The minimum absolute atomic E-state index is 0.146. The van der Waals surface area contributed by atoms with E-state index in [1.54, 1.807) is 13.2 Å². The Morgan fingerprint density at radius 1 is 1.32 bits per heavy atom. The molecular weight excluding hydrogens is 290 g/mol. The molecule has 1 heterocycles. The molecule has 0 saturated carbocycles. The molecule has 0 aliphatic heterocycles. The molecule has 22 heavy (non-hydrogen) atoms. The number of carbonyl (C=O) groups is 2. The van der Waals surface area contributed by atoms with Crippen LogP contribution in [0.3, 0.4) is 0 Å². The molecule has 0 atom stereocenters. The van der Waals surface area contributed by atoms with Gasteiger partial charge in [-0.2, -0.15) is 0 Å². The summed E-state index contributed by atoms with van der Waals surface area (Å²) in [6.07, 6.45) is 1.28. The van der Waals surface area contributed by atoms with E-state index in [2.05, 4.69) is 20.8 Å². The van der Waals surface area contributed by atoms with Gasteiger partial charge in [0.2, 0.25) is 0 Å². The van der Waals surface area contributed by atoms with E-state index in [9.17, 15) is 9.59 Å². The van der Waals surface area contributed by atoms with E-state index in [0.717, 1.165) is 5.56 Å². The molecule has 1 aromatic heterocycles. The predicted molar refractivity (Wildman–Crippen MR) is 73.6 cm³/mol. The second-order valence-electron chi connectivity index (χ2n) is 4.26. The molecule has 0 spiro atoms. The van der Waals surface area contributed by atoms with Crippen LogP contribution < -0.4 is 10.1 Å². The third-order valence-corrected chi connectivity index (χ3v) is 2.72. The number of methoxy groups -OCH3 is 1. The topological polar surface area (TPSA) is 108 Å². The van der Waals surface area contributed by atoms with Crippen molar-refractivity contribution < 1.29 is 19.1 Å². The van der Waals surface area contributed by atoms with Gasteiger partial charge in [0.25, 0.3) is 5.91 Å². The largest absolute Gasteiger partial charge is 0.496 e. The summed E-state index contributed by atoms with van der Waals surface area (Å²) in [5.41, 5.74) is 0.832. The zero-order valence-electron chi connectivity index (χ0n) is 11.9. The minimum atomic E-state index is -0.597. The van der Waals surface area contributed by atoms with Crippen molar-refractivity contribution in [2.75, 3.05) is 13.7 Å². The molecule has 1 N–H and O–H groups in total. The van der Waals surface area contributed by atoms with Gasteiger partial charge in [-0.05, 0) is 16.5 Å². The number of rotatable bonds is 7. The number of ether oxygens (including phenoxy) is 2. The molecule has 0 saturated heterocycles. The van der Waals surface area contributed by atoms with E-state index in [1.165, 1.54) is 11.0 Å². The van der Waals surface area contributed by atoms with Gasteiger partial charge >= 0.3 is 5.97 Å². The monoisotopic (exact) mass is 305 g/mol. The van der Waals surface area contributed by atoms with Crippen molar-refractivity contribution in [3.63, 3.8) is 0 Å². The summed E-state index contributed by atoms with van der Waals surface area (Å²) in [5.74, 6) is -0.325. The van der Waals surface area contributed by atoms with Crippen LogP contribution in [0.15, 0.2) is 30.6 Å². The van der Waals surface area contributed by atoms with Gasteiger partial charge < -0.3 is 14.8 Å². The molecule has 0 unspecified atom stereocenters. The molecule has 9 nitrogen and oxygen atoms in total. The fourth-order valence-corrected chi connectivity index (χ4v) is 1.67. The lowest BCUT2D eigenvalue weighted by molar-refractivity contribution is -0.149. The lowest BCUT2D eigenvalue weighted by Gasteiger charge is -2.09. The van der Waals surface area contributed by atoms with Crippen molar-refractivity contribution in [1.82, 2.24) is 25.5 Å². The molecule has 2 rings (SSSR count). The Labute approximate surface area is 126 Å². The molecule has 2 aromatic rings. The van der Waals surface area contributed by atoms with E-state index < -0.39 is 11.9 Å². The van der Waals surface area contributed by atoms with E-state index in [0.29, 0.717) is 5.75 Å². The number of hydrogen-bond acceptors (Lipinski definition) is 7. The zero-order chi connectivity index (χ0) is 15.8. The summed E-state index contributed by atoms with van der Waals surface area (Å²) in [7, 11) is 1.56. The van der Waals surface area contributed by atoms with Crippen LogP contribution in [-0.4, -0.2) is 45.8 Å². The highest BCUT2D eigenvalue weighted by Crippen LogP contribution is 2.16. The zero-order valence-corrected chi connectivity index (χ0v) is 11.9. The fourth-order valence-electron chi connectivity index (χ4n) is 1.67. The average Bonchev–Trinajstić information content (AvgIpc) is 3.04. The Hall–Kier alpha value is -2.97. The first kappa shape index (κ1) is 15.4. The Balaban J connectivity index is 1.72. The average molecular weight is 305 g/mol. The molecule has 1 aromatic carbocycles. The van der Waals surface area contributed by atoms with Crippen LogP contribution >= 0.6 is 0 Å². The number of hydrogen-bond donors (Lipinski definition) is 1. The smallest absolute Gasteiger partial charge is 0.328 e. The number of benzene rings is 1. The molecule has 1 amide bonds. The molecule has 116 valence electrons. The van der Waals surface area contributed by atoms with Gasteiger partial charge in [0, 0.05) is 12.1 Å². The van der Waals surface area contributed by atoms with E-state index in [-0.39, 0.29) is 19.7 Å². The van der Waals surface area contributed by atoms with Crippen molar-refractivity contribution in [3.05, 3.63) is 36.2 Å². The Morgan fingerprint density at radius 2 is 2.14 bits per heavy atom. The number of amides is 1. The fraction of sp³-hybridized carbons (Fsp3) is 0.308. The number of tetrazole rings is 1. The highest BCUT2D eigenvalue weighted by atomic mass is 16.5. The first-order chi connectivity index (χ1) is 10.7. The van der Waals surface area contributed by atoms with E-state index in [4.69, 9.17) is 9.47 Å². The summed E-state index contributed by atoms with van der Waals surface area (Å²) in [6.45, 7) is -0.226. The number of para-hydroxylation sites is 1. The summed E-state index contributed by atoms with van der Waals surface area (Å²) in [6, 6.07) is 7.32. The highest BCUT2D eigenvalue weighted by Gasteiger charge is 2.09. The standard InChI is InChI=1S/C13H15N5O4/c1-21-11-5-3-2-4-10(11)6-14-12(19)8-22-13(20)7-18-9-15-16-17-18/h2-5,9H,6-8H2,1H3,(H,14,19). The number of aromatic nitrogens is 4. The second-order valence-corrected chi connectivity index (χ2v) is 4.26. The number of carbonyl (C=O) groups excluding carboxylic acids is 2. The maximum absolute atomic E-state index is 11.6. The van der Waals surface area contributed by atoms with Crippen molar-refractivity contribution in [2.24, 2.45) is 0 Å². The summed E-state index contributed by atoms with van der Waals surface area (Å²) >= 11 is 0. The molecule has 0 bridgehead atoms. The number of nitrogens with one attached hydrogen (secondary N) is 1. The van der Waals surface area contributed by atoms with Crippen LogP contribution in [0.5, 0.6) is 5.75 Å². The van der Waals surface area contributed by atoms with Crippen molar-refractivity contribution in [3.8, 4) is 5.75 Å². The van der Waals surface area contributed by atoms with Crippen LogP contribution in [0.4, 0.5) is 0 Å². The lowest BCUT2D eigenvalue weighted by atomic mass is 10.2. The van der Waals surface area contributed by atoms with Gasteiger partial charge in [-0.1, -0.05) is 18.2 Å². The summed E-state index contributed by atoms with van der Waals surface area (Å²) in [5, 5.41) is 12.9.